The molecule has 0 saturated carbocycles. The third kappa shape index (κ3) is 31.5. The molecule has 2 saturated heterocycles. The quantitative estimate of drug-likeness (QED) is 0.0206. The van der Waals surface area contributed by atoms with E-state index in [0.717, 1.165) is 103 Å². The molecule has 14 heteroatoms. The second-order valence-corrected chi connectivity index (χ2v) is 19.3. The van der Waals surface area contributed by atoms with Crippen molar-refractivity contribution in [3.05, 3.63) is 134 Å². The maximum atomic E-state index is 13.2. The fraction of sp³-hybridized carbons (Fsp3) is 0.629. The van der Waals surface area contributed by atoms with Crippen molar-refractivity contribution in [1.82, 2.24) is 5.32 Å². The van der Waals surface area contributed by atoms with Crippen LogP contribution in [0.5, 0.6) is 0 Å². The second kappa shape index (κ2) is 46.1. The number of aliphatic hydroxyl groups excluding tert-OH is 8. The number of carbonyl (C=O) groups excluding carboxylic acids is 1. The molecule has 9 N–H and O–H groups in total. The molecule has 76 heavy (non-hydrogen) atoms. The van der Waals surface area contributed by atoms with E-state index in [9.17, 15) is 45.6 Å². The number of aliphatic hydroxyl groups is 8. The molecule has 12 unspecified atom stereocenters. The summed E-state index contributed by atoms with van der Waals surface area (Å²) >= 11 is 0. The summed E-state index contributed by atoms with van der Waals surface area (Å²) in [6.45, 7) is 2.57. The van der Waals surface area contributed by atoms with Gasteiger partial charge in [-0.25, -0.2) is 0 Å². The predicted octanol–water partition coefficient (Wildman–Crippen LogP) is 9.21. The Labute approximate surface area is 456 Å². The van der Waals surface area contributed by atoms with E-state index in [1.165, 1.54) is 25.7 Å². The van der Waals surface area contributed by atoms with Crippen molar-refractivity contribution in [3.8, 4) is 0 Å². The van der Waals surface area contributed by atoms with Crippen LogP contribution < -0.4 is 5.32 Å². The van der Waals surface area contributed by atoms with E-state index < -0.39 is 86.8 Å². The van der Waals surface area contributed by atoms with E-state index in [2.05, 4.69) is 141 Å². The van der Waals surface area contributed by atoms with Crippen LogP contribution in [-0.4, -0.2) is 140 Å². The Kier molecular flexibility index (Phi) is 41.4. The number of unbranched alkanes of at least 4 members (excludes halogenated alkanes) is 9. The summed E-state index contributed by atoms with van der Waals surface area (Å²) in [5.74, 6) is -0.292. The number of hydrogen-bond acceptors (Lipinski definition) is 13. The molecule has 12 atom stereocenters. The van der Waals surface area contributed by atoms with Crippen LogP contribution in [0.3, 0.4) is 0 Å². The Balaban J connectivity index is 1.71. The molecule has 0 bridgehead atoms. The van der Waals surface area contributed by atoms with Gasteiger partial charge in [0.15, 0.2) is 12.6 Å². The van der Waals surface area contributed by atoms with Crippen LogP contribution in [0, 0.1) is 0 Å². The zero-order valence-electron chi connectivity index (χ0n) is 45.9. The van der Waals surface area contributed by atoms with Gasteiger partial charge >= 0.3 is 0 Å². The van der Waals surface area contributed by atoms with Crippen LogP contribution in [-0.2, 0) is 23.7 Å². The summed E-state index contributed by atoms with van der Waals surface area (Å²) in [6.07, 6.45) is 50.9. The summed E-state index contributed by atoms with van der Waals surface area (Å²) in [6, 6.07) is -0.946. The van der Waals surface area contributed by atoms with Crippen molar-refractivity contribution >= 4 is 5.91 Å². The number of amides is 1. The van der Waals surface area contributed by atoms with E-state index in [1.54, 1.807) is 6.08 Å². The standard InChI is InChI=1S/C62H99NO13/c1-3-5-7-9-11-13-14-15-16-17-18-19-20-21-22-23-24-25-26-27-28-29-30-31-32-33-34-35-36-38-40-42-44-46-54(67)63-50(51(66)45-43-41-39-37-12-10-8-6-4-2)49-73-61-59(72)57(70)60(53(48-65)75-61)76-62-58(71)56(69)55(68)52(47-64)74-62/h5,7,11,13,15-16,18-19,21-22,24-25,27-28,30-31,33-34,36,38,43,45,50-53,55-62,64-66,68-72H,3-4,6,8-10,12,14,17,20,23,26,29,32,35,37,39-42,44,46-49H2,1-2H3,(H,63,67)/b7-5-,13-11-,16-15-,19-18-,22-21-,25-24-,28-27-,31-30-,34-33-,38-36-,45-43+. The average molecular weight is 1070 g/mol. The first-order chi connectivity index (χ1) is 37.1. The minimum absolute atomic E-state index is 0.216. The summed E-state index contributed by atoms with van der Waals surface area (Å²) in [7, 11) is 0. The Hall–Kier alpha value is -3.87. The van der Waals surface area contributed by atoms with Gasteiger partial charge < -0.3 is 65.1 Å². The van der Waals surface area contributed by atoms with Gasteiger partial charge in [0.25, 0.3) is 0 Å². The fourth-order valence-corrected chi connectivity index (χ4v) is 8.26. The lowest BCUT2D eigenvalue weighted by atomic mass is 9.97. The van der Waals surface area contributed by atoms with Gasteiger partial charge in [0.1, 0.15) is 48.8 Å². The number of rotatable bonds is 42. The van der Waals surface area contributed by atoms with E-state index >= 15 is 0 Å². The van der Waals surface area contributed by atoms with Crippen LogP contribution >= 0.6 is 0 Å². The monoisotopic (exact) mass is 1070 g/mol. The topological polar surface area (TPSA) is 228 Å². The minimum atomic E-state index is -1.80. The Morgan fingerprint density at radius 3 is 1.39 bits per heavy atom. The van der Waals surface area contributed by atoms with Crippen LogP contribution in [0.1, 0.15) is 155 Å². The van der Waals surface area contributed by atoms with Crippen molar-refractivity contribution in [2.75, 3.05) is 19.8 Å². The van der Waals surface area contributed by atoms with Gasteiger partial charge in [0, 0.05) is 6.42 Å². The number of nitrogens with one attached hydrogen (secondary N) is 1. The molecular weight excluding hydrogens is 967 g/mol. The summed E-state index contributed by atoms with van der Waals surface area (Å²) in [5.41, 5.74) is 0. The molecule has 0 spiro atoms. The minimum Gasteiger partial charge on any atom is -0.394 e. The molecule has 2 aliphatic heterocycles. The normalized spacial score (nSPS) is 25.9. The van der Waals surface area contributed by atoms with Crippen molar-refractivity contribution in [1.29, 1.82) is 0 Å². The first-order valence-corrected chi connectivity index (χ1v) is 28.4. The van der Waals surface area contributed by atoms with Crippen LogP contribution in [0.15, 0.2) is 134 Å². The third-order valence-corrected chi connectivity index (χ3v) is 12.8. The molecule has 0 aromatic heterocycles. The lowest BCUT2D eigenvalue weighted by Crippen LogP contribution is -2.65. The summed E-state index contributed by atoms with van der Waals surface area (Å²) in [4.78, 5) is 13.2. The smallest absolute Gasteiger partial charge is 0.220 e. The highest BCUT2D eigenvalue weighted by Crippen LogP contribution is 2.30. The molecule has 14 nitrogen and oxygen atoms in total. The van der Waals surface area contributed by atoms with Gasteiger partial charge in [0.2, 0.25) is 5.91 Å². The largest absolute Gasteiger partial charge is 0.394 e. The third-order valence-electron chi connectivity index (χ3n) is 12.8. The van der Waals surface area contributed by atoms with Gasteiger partial charge in [-0.1, -0.05) is 186 Å². The second-order valence-electron chi connectivity index (χ2n) is 19.3. The van der Waals surface area contributed by atoms with E-state index in [4.69, 9.17) is 18.9 Å². The van der Waals surface area contributed by atoms with E-state index in [0.29, 0.717) is 6.42 Å². The van der Waals surface area contributed by atoms with E-state index in [1.807, 2.05) is 6.08 Å². The summed E-state index contributed by atoms with van der Waals surface area (Å²) in [5, 5.41) is 86.7. The number of carbonyl (C=O) groups is 1. The van der Waals surface area contributed by atoms with Crippen molar-refractivity contribution in [2.24, 2.45) is 0 Å². The number of hydrogen-bond donors (Lipinski definition) is 9. The van der Waals surface area contributed by atoms with Gasteiger partial charge in [-0.2, -0.15) is 0 Å². The highest BCUT2D eigenvalue weighted by atomic mass is 16.7. The molecule has 0 radical (unpaired) electrons. The lowest BCUT2D eigenvalue weighted by molar-refractivity contribution is -0.359. The Morgan fingerprint density at radius 2 is 0.908 bits per heavy atom. The summed E-state index contributed by atoms with van der Waals surface area (Å²) < 4.78 is 22.6. The molecule has 1 amide bonds. The molecule has 2 heterocycles. The molecule has 2 fully saturated rings. The molecule has 2 aliphatic rings. The van der Waals surface area contributed by atoms with Crippen LogP contribution in [0.2, 0.25) is 0 Å². The zero-order valence-corrected chi connectivity index (χ0v) is 45.9. The lowest BCUT2D eigenvalue weighted by Gasteiger charge is -2.46. The molecule has 0 aromatic carbocycles. The van der Waals surface area contributed by atoms with Crippen molar-refractivity contribution in [2.45, 2.75) is 229 Å². The average Bonchev–Trinajstić information content (AvgIpc) is 3.42. The number of ether oxygens (including phenoxy) is 4. The molecular formula is C62H99NO13. The maximum absolute atomic E-state index is 13.2. The van der Waals surface area contributed by atoms with Gasteiger partial charge in [-0.3, -0.25) is 4.79 Å². The SMILES string of the molecule is CC/C=C\C/C=C\C/C=C\C/C=C\C/C=C\C/C=C\C/C=C\C/C=C\C/C=C\C/C=C\CCCCC(=O)NC(COC1OC(CO)C(OC2OC(CO)C(O)C(O)C2O)C(O)C1O)C(O)/C=C/CCCCCCCCC. The molecule has 0 aliphatic carbocycles. The van der Waals surface area contributed by atoms with Gasteiger partial charge in [-0.15, -0.1) is 0 Å². The Bertz CT molecular complexity index is 1780. The highest BCUT2D eigenvalue weighted by molar-refractivity contribution is 5.76. The predicted molar refractivity (Wildman–Crippen MR) is 304 cm³/mol. The number of allylic oxidation sites excluding steroid dienone is 21. The maximum Gasteiger partial charge on any atom is 0.220 e. The van der Waals surface area contributed by atoms with Crippen molar-refractivity contribution < 1.29 is 64.6 Å². The zero-order chi connectivity index (χ0) is 55.3. The highest BCUT2D eigenvalue weighted by Gasteiger charge is 2.51. The van der Waals surface area contributed by atoms with Crippen molar-refractivity contribution in [3.63, 3.8) is 0 Å². The van der Waals surface area contributed by atoms with Crippen LogP contribution in [0.25, 0.3) is 0 Å². The first-order valence-electron chi connectivity index (χ1n) is 28.4. The van der Waals surface area contributed by atoms with Gasteiger partial charge in [-0.05, 0) is 96.3 Å². The Morgan fingerprint density at radius 1 is 0.487 bits per heavy atom. The fourth-order valence-electron chi connectivity index (χ4n) is 8.26. The molecule has 430 valence electrons. The van der Waals surface area contributed by atoms with Gasteiger partial charge in [0.05, 0.1) is 32.0 Å². The van der Waals surface area contributed by atoms with E-state index in [-0.39, 0.29) is 18.9 Å². The van der Waals surface area contributed by atoms with Crippen LogP contribution in [0.4, 0.5) is 0 Å². The molecule has 0 aromatic rings. The molecule has 2 rings (SSSR count). The first kappa shape index (κ1) is 68.2.